The van der Waals surface area contributed by atoms with E-state index >= 15 is 0 Å². The maximum atomic E-state index is 13.6. The first-order chi connectivity index (χ1) is 13.3. The Morgan fingerprint density at radius 2 is 1.63 bits per heavy atom. The monoisotopic (exact) mass is 371 g/mol. The zero-order chi connectivity index (χ0) is 19.2. The maximum Gasteiger partial charge on any atom is 0.190 e. The van der Waals surface area contributed by atoms with Gasteiger partial charge in [-0.3, -0.25) is 4.99 Å². The molecule has 27 heavy (non-hydrogen) atoms. The molecule has 0 saturated carbocycles. The van der Waals surface area contributed by atoms with Gasteiger partial charge in [-0.25, -0.2) is 4.39 Å². The molecule has 0 aliphatic rings. The quantitative estimate of drug-likeness (QED) is 0.361. The molecule has 0 saturated heterocycles. The van der Waals surface area contributed by atoms with E-state index in [4.69, 9.17) is 4.74 Å². The third-order valence-electron chi connectivity index (χ3n) is 4.25. The Balaban J connectivity index is 1.48. The molecule has 2 aromatic rings. The molecule has 0 unspecified atom stereocenters. The zero-order valence-corrected chi connectivity index (χ0v) is 16.1. The smallest absolute Gasteiger partial charge is 0.190 e. The molecule has 0 aliphatic carbocycles. The van der Waals surface area contributed by atoms with Gasteiger partial charge in [0, 0.05) is 26.7 Å². The molecule has 0 radical (unpaired) electrons. The summed E-state index contributed by atoms with van der Waals surface area (Å²) >= 11 is 0. The molecule has 2 rings (SSSR count). The molecule has 0 aliphatic heterocycles. The van der Waals surface area contributed by atoms with Gasteiger partial charge in [-0.2, -0.15) is 0 Å². The second kappa shape index (κ2) is 12.9. The molecule has 0 amide bonds. The van der Waals surface area contributed by atoms with Crippen molar-refractivity contribution in [1.29, 1.82) is 0 Å². The van der Waals surface area contributed by atoms with Crippen molar-refractivity contribution in [2.75, 3.05) is 33.4 Å². The molecule has 0 fully saturated rings. The van der Waals surface area contributed by atoms with Crippen LogP contribution in [0.5, 0.6) is 0 Å². The third kappa shape index (κ3) is 8.69. The number of rotatable bonds is 11. The summed E-state index contributed by atoms with van der Waals surface area (Å²) in [5, 5.41) is 6.49. The molecule has 146 valence electrons. The first kappa shape index (κ1) is 20.9. The molecule has 0 bridgehead atoms. The summed E-state index contributed by atoms with van der Waals surface area (Å²) in [5.74, 6) is 0.589. The van der Waals surface area contributed by atoms with Crippen LogP contribution in [-0.4, -0.2) is 39.3 Å². The topological polar surface area (TPSA) is 45.7 Å². The van der Waals surface area contributed by atoms with Crippen LogP contribution in [-0.2, 0) is 17.6 Å². The maximum absolute atomic E-state index is 13.6. The highest BCUT2D eigenvalue weighted by atomic mass is 19.1. The molecular weight excluding hydrogens is 341 g/mol. The van der Waals surface area contributed by atoms with E-state index in [-0.39, 0.29) is 5.82 Å². The van der Waals surface area contributed by atoms with Gasteiger partial charge in [0.2, 0.25) is 0 Å². The minimum absolute atomic E-state index is 0.158. The van der Waals surface area contributed by atoms with Crippen LogP contribution in [0.1, 0.15) is 24.0 Å². The zero-order valence-electron chi connectivity index (χ0n) is 16.1. The molecule has 0 atom stereocenters. The van der Waals surface area contributed by atoms with Crippen molar-refractivity contribution in [2.45, 2.75) is 25.7 Å². The number of guanidine groups is 1. The summed E-state index contributed by atoms with van der Waals surface area (Å²) in [5.41, 5.74) is 2.03. The van der Waals surface area contributed by atoms with Crippen LogP contribution >= 0.6 is 0 Å². The third-order valence-corrected chi connectivity index (χ3v) is 4.25. The highest BCUT2D eigenvalue weighted by molar-refractivity contribution is 5.79. The summed E-state index contributed by atoms with van der Waals surface area (Å²) in [6, 6.07) is 17.2. The second-order valence-electron chi connectivity index (χ2n) is 6.32. The first-order valence-corrected chi connectivity index (χ1v) is 9.59. The highest BCUT2D eigenvalue weighted by Gasteiger charge is 2.01. The van der Waals surface area contributed by atoms with Gasteiger partial charge < -0.3 is 15.4 Å². The van der Waals surface area contributed by atoms with Gasteiger partial charge >= 0.3 is 0 Å². The SMILES string of the molecule is CN=C(NCCCCOCCc1ccccc1)NCCc1ccccc1F. The molecule has 4 nitrogen and oxygen atoms in total. The van der Waals surface area contributed by atoms with Gasteiger partial charge in [-0.15, -0.1) is 0 Å². The van der Waals surface area contributed by atoms with Crippen molar-refractivity contribution in [2.24, 2.45) is 4.99 Å². The number of unbranched alkanes of at least 4 members (excludes halogenated alkanes) is 1. The van der Waals surface area contributed by atoms with Crippen LogP contribution < -0.4 is 10.6 Å². The Morgan fingerprint density at radius 3 is 2.41 bits per heavy atom. The Morgan fingerprint density at radius 1 is 0.889 bits per heavy atom. The average molecular weight is 372 g/mol. The lowest BCUT2D eigenvalue weighted by atomic mass is 10.1. The number of hydrogen-bond acceptors (Lipinski definition) is 2. The number of nitrogens with one attached hydrogen (secondary N) is 2. The number of nitrogens with zero attached hydrogens (tertiary/aromatic N) is 1. The van der Waals surface area contributed by atoms with E-state index in [0.29, 0.717) is 18.5 Å². The van der Waals surface area contributed by atoms with E-state index < -0.39 is 0 Å². The van der Waals surface area contributed by atoms with Crippen LogP contribution in [0, 0.1) is 5.82 Å². The summed E-state index contributed by atoms with van der Waals surface area (Å²) in [6.45, 7) is 3.01. The molecule has 0 aromatic heterocycles. The van der Waals surface area contributed by atoms with E-state index in [1.807, 2.05) is 18.2 Å². The normalized spacial score (nSPS) is 11.4. The lowest BCUT2D eigenvalue weighted by molar-refractivity contribution is 0.133. The first-order valence-electron chi connectivity index (χ1n) is 9.59. The Hall–Kier alpha value is -2.40. The Bertz CT molecular complexity index is 676. The summed E-state index contributed by atoms with van der Waals surface area (Å²) < 4.78 is 19.3. The van der Waals surface area contributed by atoms with E-state index in [9.17, 15) is 4.39 Å². The van der Waals surface area contributed by atoms with Gasteiger partial charge in [-0.1, -0.05) is 48.5 Å². The van der Waals surface area contributed by atoms with Crippen LogP contribution in [0.4, 0.5) is 4.39 Å². The van der Waals surface area contributed by atoms with E-state index in [1.54, 1.807) is 13.1 Å². The fourth-order valence-corrected chi connectivity index (χ4v) is 2.71. The number of aliphatic imine (C=N–C) groups is 1. The van der Waals surface area contributed by atoms with Crippen LogP contribution in [0.25, 0.3) is 0 Å². The second-order valence-corrected chi connectivity index (χ2v) is 6.32. The van der Waals surface area contributed by atoms with Crippen molar-refractivity contribution < 1.29 is 9.13 Å². The average Bonchev–Trinajstić information content (AvgIpc) is 2.70. The van der Waals surface area contributed by atoms with Crippen LogP contribution in [0.2, 0.25) is 0 Å². The van der Waals surface area contributed by atoms with Gasteiger partial charge in [0.25, 0.3) is 0 Å². The van der Waals surface area contributed by atoms with Crippen molar-refractivity contribution in [3.05, 3.63) is 71.5 Å². The van der Waals surface area contributed by atoms with Gasteiger partial charge in [0.1, 0.15) is 5.82 Å². The molecular formula is C22H30FN3O. The Labute approximate surface area is 161 Å². The summed E-state index contributed by atoms with van der Waals surface area (Å²) in [4.78, 5) is 4.19. The predicted molar refractivity (Wildman–Crippen MR) is 110 cm³/mol. The van der Waals surface area contributed by atoms with Gasteiger partial charge in [0.15, 0.2) is 5.96 Å². The molecule has 0 heterocycles. The summed E-state index contributed by atoms with van der Waals surface area (Å²) in [7, 11) is 1.74. The molecule has 2 aromatic carbocycles. The van der Waals surface area contributed by atoms with Crippen LogP contribution in [0.3, 0.4) is 0 Å². The van der Waals surface area contributed by atoms with Gasteiger partial charge in [-0.05, 0) is 42.9 Å². The van der Waals surface area contributed by atoms with E-state index in [2.05, 4.69) is 39.9 Å². The molecule has 5 heteroatoms. The van der Waals surface area contributed by atoms with Crippen molar-refractivity contribution in [1.82, 2.24) is 10.6 Å². The van der Waals surface area contributed by atoms with Crippen molar-refractivity contribution in [3.8, 4) is 0 Å². The van der Waals surface area contributed by atoms with E-state index in [1.165, 1.54) is 11.6 Å². The van der Waals surface area contributed by atoms with Gasteiger partial charge in [0.05, 0.1) is 6.61 Å². The predicted octanol–water partition coefficient (Wildman–Crippen LogP) is 3.57. The van der Waals surface area contributed by atoms with Crippen molar-refractivity contribution in [3.63, 3.8) is 0 Å². The number of benzene rings is 2. The minimum Gasteiger partial charge on any atom is -0.381 e. The Kier molecular flexibility index (Phi) is 9.97. The van der Waals surface area contributed by atoms with Crippen molar-refractivity contribution >= 4 is 5.96 Å². The fraction of sp³-hybridized carbons (Fsp3) is 0.409. The highest BCUT2D eigenvalue weighted by Crippen LogP contribution is 2.06. The minimum atomic E-state index is -0.158. The van der Waals surface area contributed by atoms with E-state index in [0.717, 1.165) is 45.0 Å². The number of ether oxygens (including phenoxy) is 1. The standard InChI is InChI=1S/C22H30FN3O/c1-24-22(26-16-13-20-11-5-6-12-21(20)23)25-15-7-8-17-27-18-14-19-9-3-2-4-10-19/h2-6,9-12H,7-8,13-18H2,1H3,(H2,24,25,26). The van der Waals surface area contributed by atoms with Crippen LogP contribution in [0.15, 0.2) is 59.6 Å². The summed E-state index contributed by atoms with van der Waals surface area (Å²) in [6.07, 6.45) is 3.60. The lowest BCUT2D eigenvalue weighted by Gasteiger charge is -2.12. The fourth-order valence-electron chi connectivity index (χ4n) is 2.71. The molecule has 2 N–H and O–H groups in total. The number of halogens is 1. The molecule has 0 spiro atoms. The largest absolute Gasteiger partial charge is 0.381 e. The number of hydrogen-bond donors (Lipinski definition) is 2. The lowest BCUT2D eigenvalue weighted by Crippen LogP contribution is -2.38.